The molecule has 4 nitrogen and oxygen atoms in total. The number of carbonyl (C=O) groups is 1. The third-order valence-electron chi connectivity index (χ3n) is 2.50. The zero-order chi connectivity index (χ0) is 13.7. The molecule has 1 aromatic rings. The van der Waals surface area contributed by atoms with Crippen LogP contribution in [0.3, 0.4) is 0 Å². The van der Waals surface area contributed by atoms with Crippen molar-refractivity contribution in [3.05, 3.63) is 18.3 Å². The fourth-order valence-electron chi connectivity index (χ4n) is 1.86. The van der Waals surface area contributed by atoms with Crippen LogP contribution in [0.15, 0.2) is 23.4 Å². The van der Waals surface area contributed by atoms with Gasteiger partial charge in [0.2, 0.25) is 5.91 Å². The number of carbonyl (C=O) groups excluding carboxylic acids is 1. The number of amides is 1. The molecule has 0 aliphatic carbocycles. The topological polar surface area (TPSA) is 59.2 Å². The van der Waals surface area contributed by atoms with Gasteiger partial charge in [0.15, 0.2) is 0 Å². The van der Waals surface area contributed by atoms with Crippen LogP contribution >= 0.6 is 11.8 Å². The lowest BCUT2D eigenvalue weighted by molar-refractivity contribution is -0.131. The predicted molar refractivity (Wildman–Crippen MR) is 76.5 cm³/mol. The number of pyridine rings is 1. The van der Waals surface area contributed by atoms with Crippen molar-refractivity contribution in [1.29, 1.82) is 0 Å². The number of thioether (sulfide) groups is 1. The molecule has 0 saturated heterocycles. The Morgan fingerprint density at radius 2 is 1.94 bits per heavy atom. The SMILES string of the molecule is CC(C)N(C(=O)CSc1ccc(N)cn1)C(C)C. The quantitative estimate of drug-likeness (QED) is 0.832. The van der Waals surface area contributed by atoms with E-state index in [-0.39, 0.29) is 18.0 Å². The first kappa shape index (κ1) is 14.8. The van der Waals surface area contributed by atoms with Crippen molar-refractivity contribution in [3.63, 3.8) is 0 Å². The van der Waals surface area contributed by atoms with Crippen LogP contribution in [0.1, 0.15) is 27.7 Å². The summed E-state index contributed by atoms with van der Waals surface area (Å²) in [5.41, 5.74) is 6.20. The number of nitrogens with zero attached hydrogens (tertiary/aromatic N) is 2. The maximum atomic E-state index is 12.1. The maximum Gasteiger partial charge on any atom is 0.233 e. The maximum absolute atomic E-state index is 12.1. The molecular formula is C13H21N3OS. The van der Waals surface area contributed by atoms with Crippen LogP contribution in [0, 0.1) is 0 Å². The molecule has 0 saturated carbocycles. The highest BCUT2D eigenvalue weighted by atomic mass is 32.2. The average Bonchev–Trinajstić information content (AvgIpc) is 2.27. The van der Waals surface area contributed by atoms with Gasteiger partial charge in [-0.1, -0.05) is 11.8 Å². The number of hydrogen-bond acceptors (Lipinski definition) is 4. The first-order valence-corrected chi connectivity index (χ1v) is 7.06. The Morgan fingerprint density at radius 3 is 2.39 bits per heavy atom. The van der Waals surface area contributed by atoms with Gasteiger partial charge in [-0.2, -0.15) is 0 Å². The predicted octanol–water partition coefficient (Wildman–Crippen LogP) is 2.40. The Kier molecular flexibility index (Phi) is 5.47. The van der Waals surface area contributed by atoms with Crippen molar-refractivity contribution < 1.29 is 4.79 Å². The number of anilines is 1. The standard InChI is InChI=1S/C13H21N3OS/c1-9(2)16(10(3)4)13(17)8-18-12-6-5-11(14)7-15-12/h5-7,9-10H,8,14H2,1-4H3. The molecule has 1 amide bonds. The van der Waals surface area contributed by atoms with E-state index in [1.165, 1.54) is 11.8 Å². The van der Waals surface area contributed by atoms with Crippen molar-refractivity contribution in [2.45, 2.75) is 44.8 Å². The van der Waals surface area contributed by atoms with Crippen LogP contribution in [0.25, 0.3) is 0 Å². The van der Waals surface area contributed by atoms with Gasteiger partial charge < -0.3 is 10.6 Å². The minimum atomic E-state index is 0.142. The van der Waals surface area contributed by atoms with Gasteiger partial charge in [0.05, 0.1) is 22.7 Å². The second-order valence-corrected chi connectivity index (χ2v) is 5.70. The van der Waals surface area contributed by atoms with E-state index in [1.54, 1.807) is 12.3 Å². The Hall–Kier alpha value is -1.23. The van der Waals surface area contributed by atoms with Crippen LogP contribution in [0.2, 0.25) is 0 Å². The van der Waals surface area contributed by atoms with Crippen molar-refractivity contribution in [3.8, 4) is 0 Å². The van der Waals surface area contributed by atoms with Crippen LogP contribution in [0.4, 0.5) is 5.69 Å². The lowest BCUT2D eigenvalue weighted by Crippen LogP contribution is -2.43. The fourth-order valence-corrected chi connectivity index (χ4v) is 2.57. The summed E-state index contributed by atoms with van der Waals surface area (Å²) in [5.74, 6) is 0.552. The molecule has 18 heavy (non-hydrogen) atoms. The zero-order valence-electron chi connectivity index (χ0n) is 11.4. The molecule has 0 fully saturated rings. The fraction of sp³-hybridized carbons (Fsp3) is 0.538. The van der Waals surface area contributed by atoms with Crippen LogP contribution < -0.4 is 5.73 Å². The number of nitrogen functional groups attached to an aromatic ring is 1. The lowest BCUT2D eigenvalue weighted by Gasteiger charge is -2.30. The Morgan fingerprint density at radius 1 is 1.33 bits per heavy atom. The Balaban J connectivity index is 2.57. The van der Waals surface area contributed by atoms with Gasteiger partial charge in [0, 0.05) is 12.1 Å². The van der Waals surface area contributed by atoms with Crippen LogP contribution in [0.5, 0.6) is 0 Å². The molecule has 100 valence electrons. The molecule has 0 aromatic carbocycles. The van der Waals surface area contributed by atoms with Gasteiger partial charge in [0.1, 0.15) is 0 Å². The minimum absolute atomic E-state index is 0.142. The van der Waals surface area contributed by atoms with E-state index < -0.39 is 0 Å². The number of hydrogen-bond donors (Lipinski definition) is 1. The van der Waals surface area contributed by atoms with Gasteiger partial charge in [-0.3, -0.25) is 4.79 Å². The van der Waals surface area contributed by atoms with Gasteiger partial charge >= 0.3 is 0 Å². The van der Waals surface area contributed by atoms with E-state index in [1.807, 2.05) is 38.7 Å². The normalized spacial score (nSPS) is 11.0. The first-order valence-electron chi connectivity index (χ1n) is 6.07. The molecule has 0 bridgehead atoms. The minimum Gasteiger partial charge on any atom is -0.397 e. The Bertz CT molecular complexity index is 382. The monoisotopic (exact) mass is 267 g/mol. The molecule has 1 heterocycles. The number of rotatable bonds is 5. The smallest absolute Gasteiger partial charge is 0.233 e. The molecule has 0 radical (unpaired) electrons. The first-order chi connectivity index (χ1) is 8.41. The van der Waals surface area contributed by atoms with E-state index in [4.69, 9.17) is 5.73 Å². The molecule has 0 spiro atoms. The number of aromatic nitrogens is 1. The van der Waals surface area contributed by atoms with E-state index in [9.17, 15) is 4.79 Å². The van der Waals surface area contributed by atoms with Crippen molar-refractivity contribution in [2.24, 2.45) is 0 Å². The summed E-state index contributed by atoms with van der Waals surface area (Å²) in [6, 6.07) is 4.07. The average molecular weight is 267 g/mol. The van der Waals surface area contributed by atoms with Gasteiger partial charge in [0.25, 0.3) is 0 Å². The van der Waals surface area contributed by atoms with Crippen molar-refractivity contribution in [2.75, 3.05) is 11.5 Å². The van der Waals surface area contributed by atoms with Gasteiger partial charge in [-0.25, -0.2) is 4.98 Å². The molecule has 1 aromatic heterocycles. The third-order valence-corrected chi connectivity index (χ3v) is 3.43. The zero-order valence-corrected chi connectivity index (χ0v) is 12.2. The van der Waals surface area contributed by atoms with E-state index >= 15 is 0 Å². The highest BCUT2D eigenvalue weighted by molar-refractivity contribution is 7.99. The number of nitrogens with two attached hydrogens (primary N) is 1. The largest absolute Gasteiger partial charge is 0.397 e. The van der Waals surface area contributed by atoms with E-state index in [0.29, 0.717) is 11.4 Å². The summed E-state index contributed by atoms with van der Waals surface area (Å²) < 4.78 is 0. The molecule has 0 aliphatic rings. The summed E-state index contributed by atoms with van der Waals surface area (Å²) in [6.45, 7) is 8.13. The molecule has 2 N–H and O–H groups in total. The molecular weight excluding hydrogens is 246 g/mol. The van der Waals surface area contributed by atoms with Crippen LogP contribution in [-0.4, -0.2) is 33.6 Å². The van der Waals surface area contributed by atoms with Crippen molar-refractivity contribution in [1.82, 2.24) is 9.88 Å². The van der Waals surface area contributed by atoms with Crippen LogP contribution in [-0.2, 0) is 4.79 Å². The molecule has 1 rings (SSSR count). The summed E-state index contributed by atoms with van der Waals surface area (Å²) in [6.07, 6.45) is 1.61. The summed E-state index contributed by atoms with van der Waals surface area (Å²) in [4.78, 5) is 18.2. The Labute approximate surface area is 113 Å². The third kappa shape index (κ3) is 4.22. The molecule has 0 atom stereocenters. The van der Waals surface area contributed by atoms with Gasteiger partial charge in [-0.05, 0) is 39.8 Å². The van der Waals surface area contributed by atoms with Crippen molar-refractivity contribution >= 4 is 23.4 Å². The second-order valence-electron chi connectivity index (χ2n) is 4.71. The van der Waals surface area contributed by atoms with E-state index in [2.05, 4.69) is 4.98 Å². The highest BCUT2D eigenvalue weighted by Crippen LogP contribution is 2.18. The molecule has 0 unspecified atom stereocenters. The summed E-state index contributed by atoms with van der Waals surface area (Å²) >= 11 is 1.44. The summed E-state index contributed by atoms with van der Waals surface area (Å²) in [5, 5.41) is 0.824. The molecule has 5 heteroatoms. The molecule has 0 aliphatic heterocycles. The van der Waals surface area contributed by atoms with Gasteiger partial charge in [-0.15, -0.1) is 0 Å². The summed E-state index contributed by atoms with van der Waals surface area (Å²) in [7, 11) is 0. The van der Waals surface area contributed by atoms with E-state index in [0.717, 1.165) is 5.03 Å². The second kappa shape index (κ2) is 6.64. The lowest BCUT2D eigenvalue weighted by atomic mass is 10.2. The highest BCUT2D eigenvalue weighted by Gasteiger charge is 2.19.